The predicted octanol–water partition coefficient (Wildman–Crippen LogP) is 2.82. The number of ether oxygens (including phenoxy) is 3. The number of methoxy groups -OCH3 is 3. The third kappa shape index (κ3) is 5.11. The molecule has 1 aliphatic rings. The third-order valence-corrected chi connectivity index (χ3v) is 7.16. The van der Waals surface area contributed by atoms with Gasteiger partial charge in [0.15, 0.2) is 11.5 Å². The van der Waals surface area contributed by atoms with Gasteiger partial charge in [-0.1, -0.05) is 6.42 Å². The van der Waals surface area contributed by atoms with Crippen LogP contribution in [-0.2, 0) is 16.6 Å². The highest BCUT2D eigenvalue weighted by molar-refractivity contribution is 7.89. The SMILES string of the molecule is COc1cc(CNC(=O)c2ccc(S(=O)(=O)N3CCCCC3)cc2)cc(OC)c1OC. The van der Waals surface area contributed by atoms with Crippen LogP contribution >= 0.6 is 0 Å². The van der Waals surface area contributed by atoms with Crippen LogP contribution < -0.4 is 19.5 Å². The standard InChI is InChI=1S/C22H28N2O6S/c1-28-19-13-16(14-20(29-2)21(19)30-3)15-23-22(25)17-7-9-18(10-8-17)31(26,27)24-11-5-4-6-12-24/h7-10,13-14H,4-6,11-12,15H2,1-3H3,(H,23,25). The first-order valence-corrected chi connectivity index (χ1v) is 11.5. The Labute approximate surface area is 183 Å². The van der Waals surface area contributed by atoms with Crippen molar-refractivity contribution in [2.45, 2.75) is 30.7 Å². The van der Waals surface area contributed by atoms with Crippen LogP contribution in [0, 0.1) is 0 Å². The summed E-state index contributed by atoms with van der Waals surface area (Å²) in [5, 5.41) is 2.83. The second-order valence-electron chi connectivity index (χ2n) is 7.21. The van der Waals surface area contributed by atoms with Gasteiger partial charge in [0.2, 0.25) is 15.8 Å². The van der Waals surface area contributed by atoms with E-state index >= 15 is 0 Å². The Balaban J connectivity index is 1.69. The zero-order valence-electron chi connectivity index (χ0n) is 18.0. The van der Waals surface area contributed by atoms with Crippen molar-refractivity contribution in [3.05, 3.63) is 47.5 Å². The van der Waals surface area contributed by atoms with Crippen LogP contribution in [0.5, 0.6) is 17.2 Å². The monoisotopic (exact) mass is 448 g/mol. The molecule has 3 rings (SSSR count). The van der Waals surface area contributed by atoms with Crippen LogP contribution in [0.25, 0.3) is 0 Å². The molecule has 2 aromatic carbocycles. The van der Waals surface area contributed by atoms with Crippen LogP contribution in [0.4, 0.5) is 0 Å². The van der Waals surface area contributed by atoms with Gasteiger partial charge in [-0.15, -0.1) is 0 Å². The molecule has 1 N–H and O–H groups in total. The van der Waals surface area contributed by atoms with Gasteiger partial charge in [0.25, 0.3) is 5.91 Å². The van der Waals surface area contributed by atoms with Gasteiger partial charge in [0, 0.05) is 25.2 Å². The summed E-state index contributed by atoms with van der Waals surface area (Å²) in [4.78, 5) is 12.8. The van der Waals surface area contributed by atoms with Crippen molar-refractivity contribution in [1.82, 2.24) is 9.62 Å². The minimum absolute atomic E-state index is 0.204. The largest absolute Gasteiger partial charge is 0.493 e. The molecule has 0 aliphatic carbocycles. The Morgan fingerprint density at radius 2 is 1.52 bits per heavy atom. The number of carbonyl (C=O) groups is 1. The number of sulfonamides is 1. The van der Waals surface area contributed by atoms with Crippen LogP contribution in [0.1, 0.15) is 35.2 Å². The minimum Gasteiger partial charge on any atom is -0.493 e. The molecule has 0 unspecified atom stereocenters. The van der Waals surface area contributed by atoms with E-state index in [1.807, 2.05) is 0 Å². The summed E-state index contributed by atoms with van der Waals surface area (Å²) < 4.78 is 43.0. The number of hydrogen-bond acceptors (Lipinski definition) is 6. The molecule has 0 saturated carbocycles. The molecular weight excluding hydrogens is 420 g/mol. The lowest BCUT2D eigenvalue weighted by Crippen LogP contribution is -2.35. The molecule has 1 heterocycles. The van der Waals surface area contributed by atoms with E-state index in [0.29, 0.717) is 35.9 Å². The summed E-state index contributed by atoms with van der Waals surface area (Å²) in [6.07, 6.45) is 2.80. The van der Waals surface area contributed by atoms with Crippen LogP contribution in [-0.4, -0.2) is 53.0 Å². The lowest BCUT2D eigenvalue weighted by Gasteiger charge is -2.25. The molecule has 0 radical (unpaired) electrons. The van der Waals surface area contributed by atoms with Crippen LogP contribution in [0.3, 0.4) is 0 Å². The summed E-state index contributed by atoms with van der Waals surface area (Å²) >= 11 is 0. The van der Waals surface area contributed by atoms with E-state index in [9.17, 15) is 13.2 Å². The number of nitrogens with zero attached hydrogens (tertiary/aromatic N) is 1. The first-order valence-electron chi connectivity index (χ1n) is 10.1. The highest BCUT2D eigenvalue weighted by Crippen LogP contribution is 2.38. The van der Waals surface area contributed by atoms with E-state index < -0.39 is 10.0 Å². The molecular formula is C22H28N2O6S. The molecule has 1 saturated heterocycles. The molecule has 1 aliphatic heterocycles. The van der Waals surface area contributed by atoms with Crippen molar-refractivity contribution in [2.24, 2.45) is 0 Å². The minimum atomic E-state index is -3.52. The molecule has 2 aromatic rings. The van der Waals surface area contributed by atoms with Gasteiger partial charge >= 0.3 is 0 Å². The van der Waals surface area contributed by atoms with E-state index in [0.717, 1.165) is 24.8 Å². The summed E-state index contributed by atoms with van der Waals surface area (Å²) in [6, 6.07) is 9.55. The van der Waals surface area contributed by atoms with E-state index in [2.05, 4.69) is 5.32 Å². The zero-order valence-corrected chi connectivity index (χ0v) is 18.8. The summed E-state index contributed by atoms with van der Waals surface area (Å²) in [5.41, 5.74) is 1.15. The average Bonchev–Trinajstić information content (AvgIpc) is 2.82. The number of piperidine rings is 1. The molecule has 0 bridgehead atoms. The van der Waals surface area contributed by atoms with Crippen LogP contribution in [0.15, 0.2) is 41.3 Å². The summed E-state index contributed by atoms with van der Waals surface area (Å²) in [7, 11) is 1.06. The molecule has 0 spiro atoms. The van der Waals surface area contributed by atoms with Gasteiger partial charge in [0.1, 0.15) is 0 Å². The number of nitrogens with one attached hydrogen (secondary N) is 1. The first kappa shape index (κ1) is 22.9. The topological polar surface area (TPSA) is 94.2 Å². The molecule has 8 nitrogen and oxygen atoms in total. The third-order valence-electron chi connectivity index (χ3n) is 5.25. The fourth-order valence-electron chi connectivity index (χ4n) is 3.55. The number of rotatable bonds is 8. The van der Waals surface area contributed by atoms with Gasteiger partial charge in [-0.05, 0) is 54.8 Å². The highest BCUT2D eigenvalue weighted by atomic mass is 32.2. The summed E-state index contributed by atoms with van der Waals surface area (Å²) in [6.45, 7) is 1.32. The lowest BCUT2D eigenvalue weighted by atomic mass is 10.1. The highest BCUT2D eigenvalue weighted by Gasteiger charge is 2.26. The fraction of sp³-hybridized carbons (Fsp3) is 0.409. The normalized spacial score (nSPS) is 14.7. The maximum atomic E-state index is 12.7. The quantitative estimate of drug-likeness (QED) is 0.667. The Hall–Kier alpha value is -2.78. The van der Waals surface area contributed by atoms with E-state index in [1.54, 1.807) is 12.1 Å². The lowest BCUT2D eigenvalue weighted by molar-refractivity contribution is 0.0950. The molecule has 0 aromatic heterocycles. The second-order valence-corrected chi connectivity index (χ2v) is 9.14. The Morgan fingerprint density at radius 3 is 2.03 bits per heavy atom. The number of benzene rings is 2. The number of carbonyl (C=O) groups excluding carboxylic acids is 1. The fourth-order valence-corrected chi connectivity index (χ4v) is 5.07. The van der Waals surface area contributed by atoms with E-state index in [-0.39, 0.29) is 17.3 Å². The molecule has 9 heteroatoms. The van der Waals surface area contributed by atoms with Crippen molar-refractivity contribution in [1.29, 1.82) is 0 Å². The molecule has 0 atom stereocenters. The van der Waals surface area contributed by atoms with E-state index in [4.69, 9.17) is 14.2 Å². The van der Waals surface area contributed by atoms with Crippen molar-refractivity contribution < 1.29 is 27.4 Å². The van der Waals surface area contributed by atoms with E-state index in [1.165, 1.54) is 49.9 Å². The van der Waals surface area contributed by atoms with Crippen molar-refractivity contribution in [3.8, 4) is 17.2 Å². The van der Waals surface area contributed by atoms with Crippen molar-refractivity contribution in [3.63, 3.8) is 0 Å². The zero-order chi connectivity index (χ0) is 22.4. The van der Waals surface area contributed by atoms with Crippen LogP contribution in [0.2, 0.25) is 0 Å². The molecule has 168 valence electrons. The maximum Gasteiger partial charge on any atom is 0.251 e. The van der Waals surface area contributed by atoms with Crippen molar-refractivity contribution >= 4 is 15.9 Å². The smallest absolute Gasteiger partial charge is 0.251 e. The number of hydrogen-bond donors (Lipinski definition) is 1. The number of amides is 1. The molecule has 31 heavy (non-hydrogen) atoms. The molecule has 1 amide bonds. The van der Waals surface area contributed by atoms with Gasteiger partial charge in [0.05, 0.1) is 26.2 Å². The predicted molar refractivity (Wildman–Crippen MR) is 116 cm³/mol. The summed E-state index contributed by atoms with van der Waals surface area (Å²) in [5.74, 6) is 1.16. The van der Waals surface area contributed by atoms with Crippen molar-refractivity contribution in [2.75, 3.05) is 34.4 Å². The van der Waals surface area contributed by atoms with Gasteiger partial charge in [-0.2, -0.15) is 4.31 Å². The average molecular weight is 449 g/mol. The Bertz CT molecular complexity index is 990. The van der Waals surface area contributed by atoms with Gasteiger partial charge in [-0.3, -0.25) is 4.79 Å². The second kappa shape index (κ2) is 10.0. The maximum absolute atomic E-state index is 12.7. The Kier molecular flexibility index (Phi) is 7.40. The Morgan fingerprint density at radius 1 is 0.935 bits per heavy atom. The first-order chi connectivity index (χ1) is 14.9. The van der Waals surface area contributed by atoms with Gasteiger partial charge in [-0.25, -0.2) is 8.42 Å². The molecule has 1 fully saturated rings. The van der Waals surface area contributed by atoms with Gasteiger partial charge < -0.3 is 19.5 Å².